The second-order valence-corrected chi connectivity index (χ2v) is 7.48. The molecule has 102 valence electrons. The SMILES string of the molecule is O=S1(=O)CCC(CNCc2cccc3[nH]ccc23)C1. The molecule has 1 unspecified atom stereocenters. The Hall–Kier alpha value is -1.33. The molecular formula is C14H18N2O2S. The largest absolute Gasteiger partial charge is 0.361 e. The van der Waals surface area contributed by atoms with Gasteiger partial charge >= 0.3 is 0 Å². The van der Waals surface area contributed by atoms with Gasteiger partial charge < -0.3 is 10.3 Å². The molecule has 4 nitrogen and oxygen atoms in total. The number of hydrogen-bond donors (Lipinski definition) is 2. The van der Waals surface area contributed by atoms with E-state index in [2.05, 4.69) is 28.5 Å². The summed E-state index contributed by atoms with van der Waals surface area (Å²) >= 11 is 0. The third kappa shape index (κ3) is 2.82. The van der Waals surface area contributed by atoms with Crippen molar-refractivity contribution in [3.05, 3.63) is 36.0 Å². The van der Waals surface area contributed by atoms with Gasteiger partial charge in [-0.3, -0.25) is 0 Å². The van der Waals surface area contributed by atoms with Crippen LogP contribution in [-0.2, 0) is 16.4 Å². The van der Waals surface area contributed by atoms with Gasteiger partial charge in [-0.05, 0) is 36.6 Å². The number of sulfone groups is 1. The van der Waals surface area contributed by atoms with Crippen LogP contribution in [0.3, 0.4) is 0 Å². The number of rotatable bonds is 4. The van der Waals surface area contributed by atoms with E-state index in [4.69, 9.17) is 0 Å². The van der Waals surface area contributed by atoms with E-state index in [1.165, 1.54) is 10.9 Å². The van der Waals surface area contributed by atoms with E-state index in [0.717, 1.165) is 25.0 Å². The van der Waals surface area contributed by atoms with Crippen molar-refractivity contribution in [3.63, 3.8) is 0 Å². The highest BCUT2D eigenvalue weighted by molar-refractivity contribution is 7.91. The van der Waals surface area contributed by atoms with Gasteiger partial charge in [0.05, 0.1) is 11.5 Å². The van der Waals surface area contributed by atoms with E-state index in [-0.39, 0.29) is 5.92 Å². The first-order valence-corrected chi connectivity index (χ1v) is 8.42. The van der Waals surface area contributed by atoms with E-state index < -0.39 is 9.84 Å². The summed E-state index contributed by atoms with van der Waals surface area (Å²) in [6, 6.07) is 8.28. The number of aromatic amines is 1. The van der Waals surface area contributed by atoms with Gasteiger partial charge in [-0.15, -0.1) is 0 Å². The molecule has 1 aromatic heterocycles. The van der Waals surface area contributed by atoms with Crippen LogP contribution in [0.4, 0.5) is 0 Å². The summed E-state index contributed by atoms with van der Waals surface area (Å²) in [7, 11) is -2.76. The number of aromatic nitrogens is 1. The molecule has 0 amide bonds. The highest BCUT2D eigenvalue weighted by Gasteiger charge is 2.27. The van der Waals surface area contributed by atoms with Crippen molar-refractivity contribution in [1.82, 2.24) is 10.3 Å². The zero-order valence-corrected chi connectivity index (χ0v) is 11.5. The van der Waals surface area contributed by atoms with Gasteiger partial charge in [0.1, 0.15) is 0 Å². The van der Waals surface area contributed by atoms with Crippen LogP contribution in [0, 0.1) is 5.92 Å². The summed E-state index contributed by atoms with van der Waals surface area (Å²) in [4.78, 5) is 3.20. The molecule has 2 heterocycles. The molecule has 0 bridgehead atoms. The molecule has 1 saturated heterocycles. The lowest BCUT2D eigenvalue weighted by Crippen LogP contribution is -2.23. The fourth-order valence-electron chi connectivity index (χ4n) is 2.75. The van der Waals surface area contributed by atoms with Crippen molar-refractivity contribution in [3.8, 4) is 0 Å². The Morgan fingerprint density at radius 2 is 2.21 bits per heavy atom. The summed E-state index contributed by atoms with van der Waals surface area (Å²) in [5, 5.41) is 4.62. The lowest BCUT2D eigenvalue weighted by molar-refractivity contribution is 0.521. The molecule has 1 fully saturated rings. The van der Waals surface area contributed by atoms with Crippen LogP contribution in [0.1, 0.15) is 12.0 Å². The van der Waals surface area contributed by atoms with Gasteiger partial charge in [0.15, 0.2) is 9.84 Å². The van der Waals surface area contributed by atoms with E-state index >= 15 is 0 Å². The maximum absolute atomic E-state index is 11.4. The summed E-state index contributed by atoms with van der Waals surface area (Å²) < 4.78 is 22.8. The predicted molar refractivity (Wildman–Crippen MR) is 76.8 cm³/mol. The lowest BCUT2D eigenvalue weighted by atomic mass is 10.1. The second kappa shape index (κ2) is 4.98. The molecule has 5 heteroatoms. The quantitative estimate of drug-likeness (QED) is 0.894. The molecule has 2 aromatic rings. The number of benzene rings is 1. The van der Waals surface area contributed by atoms with Crippen molar-refractivity contribution >= 4 is 20.7 Å². The van der Waals surface area contributed by atoms with Gasteiger partial charge in [-0.25, -0.2) is 8.42 Å². The Morgan fingerprint density at radius 1 is 1.32 bits per heavy atom. The Labute approximate surface area is 113 Å². The highest BCUT2D eigenvalue weighted by atomic mass is 32.2. The number of H-pyrrole nitrogens is 1. The van der Waals surface area contributed by atoms with Crippen molar-refractivity contribution in [1.29, 1.82) is 0 Å². The van der Waals surface area contributed by atoms with Crippen LogP contribution in [-0.4, -0.2) is 31.5 Å². The summed E-state index contributed by atoms with van der Waals surface area (Å²) in [6.07, 6.45) is 2.74. The zero-order chi connectivity index (χ0) is 13.3. The van der Waals surface area contributed by atoms with Crippen LogP contribution in [0.2, 0.25) is 0 Å². The minimum absolute atomic E-state index is 0.274. The van der Waals surface area contributed by atoms with Crippen LogP contribution in [0.15, 0.2) is 30.5 Å². The molecule has 0 spiro atoms. The summed E-state index contributed by atoms with van der Waals surface area (Å²) in [5.41, 5.74) is 2.39. The van der Waals surface area contributed by atoms with Crippen LogP contribution >= 0.6 is 0 Å². The fourth-order valence-corrected chi connectivity index (χ4v) is 4.61. The molecule has 1 aliphatic rings. The van der Waals surface area contributed by atoms with Gasteiger partial charge in [0, 0.05) is 23.6 Å². The molecule has 0 saturated carbocycles. The van der Waals surface area contributed by atoms with E-state index in [9.17, 15) is 8.42 Å². The topological polar surface area (TPSA) is 62.0 Å². The normalized spacial score (nSPS) is 22.0. The Balaban J connectivity index is 1.60. The van der Waals surface area contributed by atoms with E-state index in [1.54, 1.807) is 0 Å². The lowest BCUT2D eigenvalue weighted by Gasteiger charge is -2.10. The predicted octanol–water partition coefficient (Wildman–Crippen LogP) is 1.69. The molecule has 19 heavy (non-hydrogen) atoms. The maximum atomic E-state index is 11.4. The minimum Gasteiger partial charge on any atom is -0.361 e. The minimum atomic E-state index is -2.76. The molecule has 0 radical (unpaired) electrons. The highest BCUT2D eigenvalue weighted by Crippen LogP contribution is 2.19. The molecule has 2 N–H and O–H groups in total. The average molecular weight is 278 g/mol. The number of fused-ring (bicyclic) bond motifs is 1. The van der Waals surface area contributed by atoms with Crippen molar-refractivity contribution in [2.45, 2.75) is 13.0 Å². The number of nitrogens with one attached hydrogen (secondary N) is 2. The van der Waals surface area contributed by atoms with Gasteiger partial charge in [0.2, 0.25) is 0 Å². The average Bonchev–Trinajstić information content (AvgIpc) is 2.96. The van der Waals surface area contributed by atoms with Crippen LogP contribution in [0.25, 0.3) is 10.9 Å². The van der Waals surface area contributed by atoms with Crippen LogP contribution in [0.5, 0.6) is 0 Å². The first kappa shape index (κ1) is 12.7. The van der Waals surface area contributed by atoms with Gasteiger partial charge in [-0.1, -0.05) is 12.1 Å². The Morgan fingerprint density at radius 3 is 3.00 bits per heavy atom. The molecule has 0 aliphatic carbocycles. The fraction of sp³-hybridized carbons (Fsp3) is 0.429. The monoisotopic (exact) mass is 278 g/mol. The van der Waals surface area contributed by atoms with Crippen molar-refractivity contribution in [2.24, 2.45) is 5.92 Å². The third-order valence-electron chi connectivity index (χ3n) is 3.76. The van der Waals surface area contributed by atoms with Gasteiger partial charge in [0.25, 0.3) is 0 Å². The van der Waals surface area contributed by atoms with E-state index in [1.807, 2.05) is 12.3 Å². The van der Waals surface area contributed by atoms with Crippen molar-refractivity contribution < 1.29 is 8.42 Å². The smallest absolute Gasteiger partial charge is 0.150 e. The molecule has 1 atom stereocenters. The van der Waals surface area contributed by atoms with E-state index in [0.29, 0.717) is 11.5 Å². The third-order valence-corrected chi connectivity index (χ3v) is 5.60. The second-order valence-electron chi connectivity index (χ2n) is 5.26. The van der Waals surface area contributed by atoms with Gasteiger partial charge in [-0.2, -0.15) is 0 Å². The van der Waals surface area contributed by atoms with Crippen molar-refractivity contribution in [2.75, 3.05) is 18.1 Å². The summed E-state index contributed by atoms with van der Waals surface area (Å²) in [5.74, 6) is 0.969. The standard InChI is InChI=1S/C14H18N2O2S/c17-19(18)7-5-11(10-19)8-15-9-12-2-1-3-14-13(12)4-6-16-14/h1-4,6,11,15-16H,5,7-10H2. The summed E-state index contributed by atoms with van der Waals surface area (Å²) in [6.45, 7) is 1.56. The van der Waals surface area contributed by atoms with Crippen LogP contribution < -0.4 is 5.32 Å². The first-order valence-electron chi connectivity index (χ1n) is 6.60. The molecule has 1 aromatic carbocycles. The Bertz CT molecular complexity index is 676. The molecule has 1 aliphatic heterocycles. The molecule has 3 rings (SSSR count). The molecular weight excluding hydrogens is 260 g/mol. The Kier molecular flexibility index (Phi) is 3.33. The zero-order valence-electron chi connectivity index (χ0n) is 10.7. The number of hydrogen-bond acceptors (Lipinski definition) is 3. The first-order chi connectivity index (χ1) is 9.14. The maximum Gasteiger partial charge on any atom is 0.150 e.